The first kappa shape index (κ1) is 9.90. The van der Waals surface area contributed by atoms with Gasteiger partial charge in [-0.25, -0.2) is 0 Å². The first-order valence-electron chi connectivity index (χ1n) is 4.92. The Bertz CT molecular complexity index is 427. The third-order valence-corrected chi connectivity index (χ3v) is 3.13. The average molecular weight is 203 g/mol. The number of carbonyl (C=O) groups is 2. The molecule has 1 atom stereocenters. The molecule has 0 fully saturated rings. The summed E-state index contributed by atoms with van der Waals surface area (Å²) < 4.78 is 0. The molecule has 1 aliphatic rings. The van der Waals surface area contributed by atoms with Gasteiger partial charge in [-0.15, -0.1) is 0 Å². The van der Waals surface area contributed by atoms with E-state index < -0.39 is 5.41 Å². The van der Waals surface area contributed by atoms with E-state index in [0.717, 1.165) is 17.5 Å². The Morgan fingerprint density at radius 3 is 2.73 bits per heavy atom. The number of likely N-dealkylation sites (N-methyl/N-ethyl adjacent to an activating group) is 1. The van der Waals surface area contributed by atoms with Crippen molar-refractivity contribution in [3.8, 4) is 0 Å². The van der Waals surface area contributed by atoms with Crippen LogP contribution in [-0.4, -0.2) is 19.2 Å². The van der Waals surface area contributed by atoms with Crippen molar-refractivity contribution in [1.29, 1.82) is 0 Å². The molecular formula is C12H13NO2. The van der Waals surface area contributed by atoms with E-state index in [1.807, 2.05) is 31.2 Å². The van der Waals surface area contributed by atoms with Crippen LogP contribution in [0.2, 0.25) is 0 Å². The van der Waals surface area contributed by atoms with Crippen LogP contribution in [0.5, 0.6) is 0 Å². The van der Waals surface area contributed by atoms with Crippen molar-refractivity contribution in [1.82, 2.24) is 0 Å². The van der Waals surface area contributed by atoms with E-state index in [-0.39, 0.29) is 12.3 Å². The maximum absolute atomic E-state index is 12.0. The molecule has 0 bridgehead atoms. The monoisotopic (exact) mass is 203 g/mol. The summed E-state index contributed by atoms with van der Waals surface area (Å²) in [6.07, 6.45) is 1.06. The summed E-state index contributed by atoms with van der Waals surface area (Å²) >= 11 is 0. The Morgan fingerprint density at radius 1 is 1.40 bits per heavy atom. The van der Waals surface area contributed by atoms with E-state index in [2.05, 4.69) is 0 Å². The highest BCUT2D eigenvalue weighted by molar-refractivity contribution is 6.08. The van der Waals surface area contributed by atoms with E-state index >= 15 is 0 Å². The highest BCUT2D eigenvalue weighted by Gasteiger charge is 2.45. The number of nitrogens with zero attached hydrogens (tertiary/aromatic N) is 1. The number of hydrogen-bond acceptors (Lipinski definition) is 2. The maximum Gasteiger partial charge on any atom is 0.237 e. The van der Waals surface area contributed by atoms with Crippen LogP contribution in [0.25, 0.3) is 0 Å². The molecule has 0 aromatic heterocycles. The number of anilines is 1. The predicted molar refractivity (Wildman–Crippen MR) is 57.9 cm³/mol. The van der Waals surface area contributed by atoms with Gasteiger partial charge in [-0.05, 0) is 18.6 Å². The highest BCUT2D eigenvalue weighted by atomic mass is 16.2. The zero-order valence-corrected chi connectivity index (χ0v) is 8.86. The van der Waals surface area contributed by atoms with Crippen LogP contribution in [0, 0.1) is 0 Å². The zero-order chi connectivity index (χ0) is 11.1. The Balaban J connectivity index is 2.60. The Morgan fingerprint density at radius 2 is 2.07 bits per heavy atom. The van der Waals surface area contributed by atoms with Gasteiger partial charge in [0.2, 0.25) is 5.91 Å². The molecule has 1 aromatic carbocycles. The van der Waals surface area contributed by atoms with Crippen LogP contribution in [0.15, 0.2) is 24.3 Å². The van der Waals surface area contributed by atoms with Crippen molar-refractivity contribution in [3.63, 3.8) is 0 Å². The second-order valence-electron chi connectivity index (χ2n) is 4.08. The van der Waals surface area contributed by atoms with Crippen LogP contribution in [0.1, 0.15) is 18.9 Å². The Hall–Kier alpha value is -1.64. The van der Waals surface area contributed by atoms with Crippen molar-refractivity contribution in [2.24, 2.45) is 0 Å². The predicted octanol–water partition coefficient (Wildman–Crippen LogP) is 1.51. The van der Waals surface area contributed by atoms with Crippen molar-refractivity contribution >= 4 is 17.9 Å². The van der Waals surface area contributed by atoms with Gasteiger partial charge in [0, 0.05) is 19.2 Å². The Labute approximate surface area is 88.7 Å². The third-order valence-electron chi connectivity index (χ3n) is 3.13. The molecule has 1 amide bonds. The fourth-order valence-corrected chi connectivity index (χ4v) is 2.19. The smallest absolute Gasteiger partial charge is 0.237 e. The van der Waals surface area contributed by atoms with Crippen molar-refractivity contribution in [2.45, 2.75) is 18.8 Å². The van der Waals surface area contributed by atoms with Crippen molar-refractivity contribution in [3.05, 3.63) is 29.8 Å². The largest absolute Gasteiger partial charge is 0.314 e. The zero-order valence-electron chi connectivity index (χ0n) is 8.86. The average Bonchev–Trinajstić information content (AvgIpc) is 2.43. The topological polar surface area (TPSA) is 37.4 Å². The first-order valence-corrected chi connectivity index (χ1v) is 4.92. The number of aldehydes is 1. The molecule has 15 heavy (non-hydrogen) atoms. The lowest BCUT2D eigenvalue weighted by atomic mass is 9.81. The maximum atomic E-state index is 12.0. The fourth-order valence-electron chi connectivity index (χ4n) is 2.19. The minimum absolute atomic E-state index is 0.00389. The van der Waals surface area contributed by atoms with Crippen LogP contribution >= 0.6 is 0 Å². The highest BCUT2D eigenvalue weighted by Crippen LogP contribution is 2.42. The van der Waals surface area contributed by atoms with Crippen molar-refractivity contribution in [2.75, 3.05) is 11.9 Å². The first-order chi connectivity index (χ1) is 7.11. The molecule has 2 rings (SSSR count). The number of benzene rings is 1. The summed E-state index contributed by atoms with van der Waals surface area (Å²) in [5.74, 6) is -0.00389. The molecule has 0 unspecified atom stereocenters. The summed E-state index contributed by atoms with van der Waals surface area (Å²) in [5, 5.41) is 0. The fraction of sp³-hybridized carbons (Fsp3) is 0.333. The summed E-state index contributed by atoms with van der Waals surface area (Å²) in [5.41, 5.74) is 1.18. The lowest BCUT2D eigenvalue weighted by molar-refractivity contribution is -0.124. The van der Waals surface area contributed by atoms with Crippen molar-refractivity contribution < 1.29 is 9.59 Å². The number of para-hydroxylation sites is 1. The summed E-state index contributed by atoms with van der Waals surface area (Å²) in [4.78, 5) is 24.3. The molecular weight excluding hydrogens is 190 g/mol. The normalized spacial score (nSPS) is 24.1. The van der Waals surface area contributed by atoms with E-state index in [1.54, 1.807) is 11.9 Å². The summed E-state index contributed by atoms with van der Waals surface area (Å²) in [6, 6.07) is 7.62. The van der Waals surface area contributed by atoms with Gasteiger partial charge in [-0.1, -0.05) is 18.2 Å². The van der Waals surface area contributed by atoms with Crippen LogP contribution < -0.4 is 4.90 Å². The van der Waals surface area contributed by atoms with E-state index in [0.29, 0.717) is 0 Å². The summed E-state index contributed by atoms with van der Waals surface area (Å²) in [6.45, 7) is 1.83. The number of rotatable bonds is 2. The van der Waals surface area contributed by atoms with Gasteiger partial charge in [-0.3, -0.25) is 4.79 Å². The molecule has 3 heteroatoms. The van der Waals surface area contributed by atoms with Gasteiger partial charge < -0.3 is 9.69 Å². The SMILES string of the molecule is CN1C(=O)[C@@](C)(CC=O)c2ccccc21. The molecule has 0 saturated carbocycles. The second-order valence-corrected chi connectivity index (χ2v) is 4.08. The molecule has 0 aliphatic carbocycles. The molecule has 0 saturated heterocycles. The quantitative estimate of drug-likeness (QED) is 0.683. The molecule has 0 N–H and O–H groups in total. The van der Waals surface area contributed by atoms with Gasteiger partial charge in [0.1, 0.15) is 6.29 Å². The molecule has 1 aromatic rings. The minimum Gasteiger partial charge on any atom is -0.314 e. The molecule has 78 valence electrons. The Kier molecular flexibility index (Phi) is 2.11. The number of hydrogen-bond donors (Lipinski definition) is 0. The molecule has 1 aliphatic heterocycles. The third kappa shape index (κ3) is 1.19. The van der Waals surface area contributed by atoms with E-state index in [1.165, 1.54) is 0 Å². The number of fused-ring (bicyclic) bond motifs is 1. The lowest BCUT2D eigenvalue weighted by Gasteiger charge is -2.19. The lowest BCUT2D eigenvalue weighted by Crippen LogP contribution is -2.36. The van der Waals surface area contributed by atoms with Gasteiger partial charge in [0.15, 0.2) is 0 Å². The van der Waals surface area contributed by atoms with Crippen LogP contribution in [0.3, 0.4) is 0 Å². The minimum atomic E-state index is -0.674. The van der Waals surface area contributed by atoms with E-state index in [4.69, 9.17) is 0 Å². The summed E-state index contributed by atoms with van der Waals surface area (Å²) in [7, 11) is 1.75. The molecule has 0 radical (unpaired) electrons. The van der Waals surface area contributed by atoms with Crippen LogP contribution in [-0.2, 0) is 15.0 Å². The molecule has 0 spiro atoms. The number of carbonyl (C=O) groups excluding carboxylic acids is 2. The molecule has 3 nitrogen and oxygen atoms in total. The van der Waals surface area contributed by atoms with E-state index in [9.17, 15) is 9.59 Å². The second kappa shape index (κ2) is 3.19. The van der Waals surface area contributed by atoms with Gasteiger partial charge >= 0.3 is 0 Å². The molecule has 1 heterocycles. The van der Waals surface area contributed by atoms with Gasteiger partial charge in [-0.2, -0.15) is 0 Å². The van der Waals surface area contributed by atoms with Gasteiger partial charge in [0.25, 0.3) is 0 Å². The standard InChI is InChI=1S/C12H13NO2/c1-12(7-8-14)9-5-3-4-6-10(9)13(2)11(12)15/h3-6,8H,7H2,1-2H3/t12-/m0/s1. The van der Waals surface area contributed by atoms with Crippen LogP contribution in [0.4, 0.5) is 5.69 Å². The van der Waals surface area contributed by atoms with Gasteiger partial charge in [0.05, 0.1) is 5.41 Å². The number of amides is 1.